The van der Waals surface area contributed by atoms with E-state index in [2.05, 4.69) is 20.4 Å². The van der Waals surface area contributed by atoms with Crippen molar-refractivity contribution in [3.63, 3.8) is 0 Å². The van der Waals surface area contributed by atoms with E-state index in [0.29, 0.717) is 24.3 Å². The summed E-state index contributed by atoms with van der Waals surface area (Å²) in [5.41, 5.74) is 6.54. The van der Waals surface area contributed by atoms with Gasteiger partial charge in [-0.15, -0.1) is 10.2 Å². The summed E-state index contributed by atoms with van der Waals surface area (Å²) < 4.78 is 5.41. The molecule has 2 aromatic rings. The molecule has 3 heterocycles. The Balaban J connectivity index is 1.65. The minimum absolute atomic E-state index is 0.105. The number of hydrogen-bond donors (Lipinski definition) is 1. The van der Waals surface area contributed by atoms with Crippen molar-refractivity contribution in [2.75, 3.05) is 18.8 Å². The van der Waals surface area contributed by atoms with Crippen molar-refractivity contribution in [3.8, 4) is 11.3 Å². The predicted octanol–water partition coefficient (Wildman–Crippen LogP) is 2.54. The van der Waals surface area contributed by atoms with Crippen LogP contribution in [0, 0.1) is 0 Å². The molecule has 9 nitrogen and oxygen atoms in total. The number of nitrogen functional groups attached to an aromatic ring is 1. The van der Waals surface area contributed by atoms with Gasteiger partial charge < -0.3 is 15.4 Å². The zero-order valence-corrected chi connectivity index (χ0v) is 15.8. The van der Waals surface area contributed by atoms with Gasteiger partial charge in [-0.05, 0) is 39.7 Å². The average molecular weight is 380 g/mol. The molecule has 2 N–H and O–H groups in total. The maximum Gasteiger partial charge on any atom is 0.410 e. The highest BCUT2D eigenvalue weighted by Gasteiger charge is 2.28. The maximum absolute atomic E-state index is 12.1. The lowest BCUT2D eigenvalue weighted by molar-refractivity contribution is 0.0180. The summed E-state index contributed by atoms with van der Waals surface area (Å²) in [4.78, 5) is 15.5. The molecule has 1 aliphatic heterocycles. The van der Waals surface area contributed by atoms with Crippen LogP contribution >= 0.6 is 11.6 Å². The second kappa shape index (κ2) is 7.06. The normalized spacial score (nSPS) is 15.9. The first-order valence-electron chi connectivity index (χ1n) is 8.42. The molecule has 1 fully saturated rings. The number of rotatable bonds is 2. The van der Waals surface area contributed by atoms with Gasteiger partial charge in [-0.25, -0.2) is 4.79 Å². The minimum atomic E-state index is -0.494. The third kappa shape index (κ3) is 4.21. The van der Waals surface area contributed by atoms with Gasteiger partial charge in [0, 0.05) is 13.1 Å². The van der Waals surface area contributed by atoms with Crippen LogP contribution in [0.4, 0.5) is 10.6 Å². The van der Waals surface area contributed by atoms with E-state index >= 15 is 0 Å². The number of carbonyl (C=O) groups excluding carboxylic acids is 1. The molecule has 0 aromatic carbocycles. The second-order valence-corrected chi connectivity index (χ2v) is 7.60. The van der Waals surface area contributed by atoms with E-state index in [0.717, 1.165) is 12.8 Å². The number of nitrogens with two attached hydrogens (primary N) is 1. The van der Waals surface area contributed by atoms with Crippen LogP contribution in [-0.2, 0) is 4.74 Å². The highest BCUT2D eigenvalue weighted by molar-refractivity contribution is 6.29. The molecule has 1 amide bonds. The lowest BCUT2D eigenvalue weighted by Crippen LogP contribution is -2.42. The van der Waals surface area contributed by atoms with Crippen LogP contribution in [0.5, 0.6) is 0 Å². The van der Waals surface area contributed by atoms with E-state index in [1.807, 2.05) is 20.8 Å². The number of aromatic nitrogens is 5. The molecule has 0 aliphatic carbocycles. The Kier molecular flexibility index (Phi) is 4.99. The van der Waals surface area contributed by atoms with Crippen molar-refractivity contribution in [2.45, 2.75) is 45.3 Å². The molecule has 0 bridgehead atoms. The standard InChI is InChI=1S/C16H22ClN7O2/c1-16(2,3)26-15(25)23-6-4-10(5-7-23)24-19-9-12(22-24)11-8-13(17)20-21-14(11)18/h8-10H,4-7H2,1-3H3,(H2,18,21). The van der Waals surface area contributed by atoms with Gasteiger partial charge in [0.05, 0.1) is 17.8 Å². The SMILES string of the molecule is CC(C)(C)OC(=O)N1CCC(n2ncc(-c3cc(Cl)nnc3N)n2)CC1. The molecule has 2 aromatic heterocycles. The zero-order chi connectivity index (χ0) is 18.9. The molecule has 0 saturated carbocycles. The van der Waals surface area contributed by atoms with Crippen LogP contribution < -0.4 is 5.73 Å². The molecule has 10 heteroatoms. The molecule has 1 aliphatic rings. The smallest absolute Gasteiger partial charge is 0.410 e. The quantitative estimate of drug-likeness (QED) is 0.852. The zero-order valence-electron chi connectivity index (χ0n) is 15.0. The number of carbonyl (C=O) groups is 1. The van der Waals surface area contributed by atoms with Crippen molar-refractivity contribution in [1.29, 1.82) is 0 Å². The summed E-state index contributed by atoms with van der Waals surface area (Å²) in [7, 11) is 0. The Hall–Kier alpha value is -2.42. The van der Waals surface area contributed by atoms with Crippen molar-refractivity contribution >= 4 is 23.5 Å². The number of ether oxygens (including phenoxy) is 1. The van der Waals surface area contributed by atoms with Crippen LogP contribution in [0.1, 0.15) is 39.7 Å². The van der Waals surface area contributed by atoms with Gasteiger partial charge in [-0.3, -0.25) is 0 Å². The lowest BCUT2D eigenvalue weighted by atomic mass is 10.1. The fraction of sp³-hybridized carbons (Fsp3) is 0.562. The first-order chi connectivity index (χ1) is 12.2. The van der Waals surface area contributed by atoms with E-state index < -0.39 is 5.60 Å². The van der Waals surface area contributed by atoms with Crippen LogP contribution in [0.25, 0.3) is 11.3 Å². The fourth-order valence-corrected chi connectivity index (χ4v) is 2.91. The third-order valence-corrected chi connectivity index (χ3v) is 4.20. The monoisotopic (exact) mass is 379 g/mol. The Morgan fingerprint density at radius 2 is 2.00 bits per heavy atom. The molecular formula is C16H22ClN7O2. The summed E-state index contributed by atoms with van der Waals surface area (Å²) in [5, 5.41) is 16.6. The van der Waals surface area contributed by atoms with Crippen LogP contribution in [-0.4, -0.2) is 54.9 Å². The van der Waals surface area contributed by atoms with E-state index in [-0.39, 0.29) is 23.1 Å². The second-order valence-electron chi connectivity index (χ2n) is 7.21. The number of likely N-dealkylation sites (tertiary alicyclic amines) is 1. The molecule has 26 heavy (non-hydrogen) atoms. The number of nitrogens with zero attached hydrogens (tertiary/aromatic N) is 6. The van der Waals surface area contributed by atoms with Crippen LogP contribution in [0.2, 0.25) is 5.15 Å². The highest BCUT2D eigenvalue weighted by atomic mass is 35.5. The third-order valence-electron chi connectivity index (χ3n) is 4.02. The number of hydrogen-bond acceptors (Lipinski definition) is 7. The number of amides is 1. The number of piperidine rings is 1. The molecule has 0 unspecified atom stereocenters. The topological polar surface area (TPSA) is 112 Å². The van der Waals surface area contributed by atoms with Gasteiger partial charge in [-0.2, -0.15) is 15.0 Å². The number of anilines is 1. The lowest BCUT2D eigenvalue weighted by Gasteiger charge is -2.33. The van der Waals surface area contributed by atoms with Gasteiger partial charge in [0.2, 0.25) is 0 Å². The van der Waals surface area contributed by atoms with Crippen molar-refractivity contribution in [2.24, 2.45) is 0 Å². The minimum Gasteiger partial charge on any atom is -0.444 e. The first kappa shape index (κ1) is 18.4. The van der Waals surface area contributed by atoms with Gasteiger partial charge in [0.25, 0.3) is 0 Å². The van der Waals surface area contributed by atoms with E-state index in [4.69, 9.17) is 22.1 Å². The number of halogens is 1. The highest BCUT2D eigenvalue weighted by Crippen LogP contribution is 2.27. The summed E-state index contributed by atoms with van der Waals surface area (Å²) >= 11 is 5.88. The summed E-state index contributed by atoms with van der Waals surface area (Å²) in [5.74, 6) is 0.251. The van der Waals surface area contributed by atoms with E-state index in [1.165, 1.54) is 0 Å². The summed E-state index contributed by atoms with van der Waals surface area (Å²) in [6.07, 6.45) is 2.84. The summed E-state index contributed by atoms with van der Waals surface area (Å²) in [6.45, 7) is 6.78. The van der Waals surface area contributed by atoms with E-state index in [1.54, 1.807) is 22.0 Å². The molecule has 0 spiro atoms. The molecule has 3 rings (SSSR count). The van der Waals surface area contributed by atoms with Crippen LogP contribution in [0.3, 0.4) is 0 Å². The van der Waals surface area contributed by atoms with Gasteiger partial charge in [-0.1, -0.05) is 11.6 Å². The fourth-order valence-electron chi connectivity index (χ4n) is 2.76. The Morgan fingerprint density at radius 1 is 1.31 bits per heavy atom. The van der Waals surface area contributed by atoms with Crippen molar-refractivity contribution in [1.82, 2.24) is 30.1 Å². The molecular weight excluding hydrogens is 358 g/mol. The molecule has 0 atom stereocenters. The maximum atomic E-state index is 12.1. The predicted molar refractivity (Wildman–Crippen MR) is 96.5 cm³/mol. The van der Waals surface area contributed by atoms with Gasteiger partial charge >= 0.3 is 6.09 Å². The van der Waals surface area contributed by atoms with Crippen molar-refractivity contribution < 1.29 is 9.53 Å². The Morgan fingerprint density at radius 3 is 2.65 bits per heavy atom. The first-order valence-corrected chi connectivity index (χ1v) is 8.79. The Labute approximate surface area is 156 Å². The Bertz CT molecular complexity index is 794. The van der Waals surface area contributed by atoms with E-state index in [9.17, 15) is 4.79 Å². The largest absolute Gasteiger partial charge is 0.444 e. The molecule has 140 valence electrons. The molecule has 1 saturated heterocycles. The van der Waals surface area contributed by atoms with Gasteiger partial charge in [0.1, 0.15) is 11.3 Å². The van der Waals surface area contributed by atoms with Gasteiger partial charge in [0.15, 0.2) is 11.0 Å². The van der Waals surface area contributed by atoms with Crippen molar-refractivity contribution in [3.05, 3.63) is 17.4 Å². The summed E-state index contributed by atoms with van der Waals surface area (Å²) in [6, 6.07) is 1.72. The average Bonchev–Trinajstić information content (AvgIpc) is 3.05. The molecule has 0 radical (unpaired) electrons. The van der Waals surface area contributed by atoms with Crippen LogP contribution in [0.15, 0.2) is 12.3 Å².